The fourth-order valence-corrected chi connectivity index (χ4v) is 2.05. The first-order valence-corrected chi connectivity index (χ1v) is 7.00. The molecule has 3 nitrogen and oxygen atoms in total. The van der Waals surface area contributed by atoms with Gasteiger partial charge >= 0.3 is 0 Å². The summed E-state index contributed by atoms with van der Waals surface area (Å²) in [4.78, 5) is 11.0. The van der Waals surface area contributed by atoms with Crippen molar-refractivity contribution in [1.82, 2.24) is 5.48 Å². The monoisotopic (exact) mass is 281 g/mol. The molecule has 0 aliphatic carbocycles. The summed E-state index contributed by atoms with van der Waals surface area (Å²) in [7, 11) is 0. The Bertz CT molecular complexity index is 588. The first kappa shape index (κ1) is 15.0. The first-order chi connectivity index (χ1) is 10.3. The Hall–Kier alpha value is -2.39. The van der Waals surface area contributed by atoms with Gasteiger partial charge in [-0.3, -0.25) is 10.0 Å². The Balaban J connectivity index is 1.86. The number of hydrogen-bond donors (Lipinski definition) is 2. The molecular weight excluding hydrogens is 262 g/mol. The Kier molecular flexibility index (Phi) is 5.73. The van der Waals surface area contributed by atoms with Crippen LogP contribution in [0, 0.1) is 0 Å². The van der Waals surface area contributed by atoms with Gasteiger partial charge in [-0.15, -0.1) is 0 Å². The Morgan fingerprint density at radius 2 is 1.71 bits per heavy atom. The van der Waals surface area contributed by atoms with Gasteiger partial charge in [0.05, 0.1) is 0 Å². The van der Waals surface area contributed by atoms with E-state index in [-0.39, 0.29) is 5.91 Å². The summed E-state index contributed by atoms with van der Waals surface area (Å²) in [5.41, 5.74) is 5.15. The fourth-order valence-electron chi connectivity index (χ4n) is 2.05. The lowest BCUT2D eigenvalue weighted by Gasteiger charge is -2.01. The molecule has 0 aromatic heterocycles. The van der Waals surface area contributed by atoms with Gasteiger partial charge in [-0.05, 0) is 29.5 Å². The molecule has 0 aliphatic rings. The van der Waals surface area contributed by atoms with Crippen molar-refractivity contribution >= 4 is 12.0 Å². The molecular formula is C18H19NO2. The first-order valence-electron chi connectivity index (χ1n) is 7.00. The number of carbonyl (C=O) groups excluding carboxylic acids is 1. The SMILES string of the molecule is O=C(CCc1ccc(/C=C/Cc2ccccc2)cc1)NO. The van der Waals surface area contributed by atoms with Gasteiger partial charge in [-0.1, -0.05) is 66.7 Å². The van der Waals surface area contributed by atoms with E-state index in [9.17, 15) is 4.79 Å². The molecule has 0 spiro atoms. The number of allylic oxidation sites excluding steroid dienone is 1. The number of rotatable bonds is 6. The molecule has 1 amide bonds. The van der Waals surface area contributed by atoms with Gasteiger partial charge in [-0.2, -0.15) is 0 Å². The summed E-state index contributed by atoms with van der Waals surface area (Å²) >= 11 is 0. The van der Waals surface area contributed by atoms with Gasteiger partial charge in [0, 0.05) is 6.42 Å². The van der Waals surface area contributed by atoms with E-state index in [2.05, 4.69) is 24.3 Å². The molecule has 21 heavy (non-hydrogen) atoms. The molecule has 108 valence electrons. The molecule has 0 saturated heterocycles. The van der Waals surface area contributed by atoms with Crippen molar-refractivity contribution < 1.29 is 10.0 Å². The third-order valence-corrected chi connectivity index (χ3v) is 3.25. The topological polar surface area (TPSA) is 49.3 Å². The van der Waals surface area contributed by atoms with Crippen molar-refractivity contribution in [1.29, 1.82) is 0 Å². The third kappa shape index (κ3) is 5.24. The highest BCUT2D eigenvalue weighted by molar-refractivity contribution is 5.74. The highest BCUT2D eigenvalue weighted by Gasteiger charge is 2.00. The summed E-state index contributed by atoms with van der Waals surface area (Å²) in [6, 6.07) is 18.4. The van der Waals surface area contributed by atoms with E-state index >= 15 is 0 Å². The lowest BCUT2D eigenvalue weighted by Crippen LogP contribution is -2.18. The molecule has 0 aliphatic heterocycles. The van der Waals surface area contributed by atoms with Crippen molar-refractivity contribution in [3.05, 3.63) is 77.4 Å². The average Bonchev–Trinajstić information content (AvgIpc) is 2.55. The molecule has 0 unspecified atom stereocenters. The molecule has 0 radical (unpaired) electrons. The lowest BCUT2D eigenvalue weighted by molar-refractivity contribution is -0.129. The molecule has 0 heterocycles. The second-order valence-corrected chi connectivity index (χ2v) is 4.87. The smallest absolute Gasteiger partial charge is 0.243 e. The maximum atomic E-state index is 11.0. The summed E-state index contributed by atoms with van der Waals surface area (Å²) in [5, 5.41) is 8.44. The van der Waals surface area contributed by atoms with Crippen molar-refractivity contribution in [2.45, 2.75) is 19.3 Å². The predicted molar refractivity (Wildman–Crippen MR) is 83.9 cm³/mol. The number of carbonyl (C=O) groups is 1. The number of benzene rings is 2. The minimum absolute atomic E-state index is 0.291. The van der Waals surface area contributed by atoms with Crippen LogP contribution < -0.4 is 5.48 Å². The van der Waals surface area contributed by atoms with Gasteiger partial charge < -0.3 is 0 Å². The zero-order valence-electron chi connectivity index (χ0n) is 11.8. The minimum atomic E-state index is -0.359. The standard InChI is InChI=1S/C18H19NO2/c20-18(19-21)14-13-17-11-9-16(10-12-17)8-4-7-15-5-2-1-3-6-15/h1-6,8-12,21H,7,13-14H2,(H,19,20)/b8-4+. The zero-order valence-corrected chi connectivity index (χ0v) is 11.8. The highest BCUT2D eigenvalue weighted by atomic mass is 16.5. The Labute approximate surface area is 124 Å². The second kappa shape index (κ2) is 8.02. The largest absolute Gasteiger partial charge is 0.289 e. The molecule has 2 rings (SSSR count). The number of nitrogens with one attached hydrogen (secondary N) is 1. The van der Waals surface area contributed by atoms with Crippen molar-refractivity contribution in [3.63, 3.8) is 0 Å². The van der Waals surface area contributed by atoms with Crippen molar-refractivity contribution in [2.75, 3.05) is 0 Å². The van der Waals surface area contributed by atoms with Crippen LogP contribution in [0.25, 0.3) is 6.08 Å². The summed E-state index contributed by atoms with van der Waals surface area (Å²) in [6.07, 6.45) is 6.07. The van der Waals surface area contributed by atoms with Crippen LogP contribution in [0.5, 0.6) is 0 Å². The molecule has 0 fully saturated rings. The van der Waals surface area contributed by atoms with E-state index in [1.165, 1.54) is 5.56 Å². The van der Waals surface area contributed by atoms with Crippen LogP contribution >= 0.6 is 0 Å². The number of aryl methyl sites for hydroxylation is 1. The van der Waals surface area contributed by atoms with Crippen LogP contribution in [0.1, 0.15) is 23.1 Å². The van der Waals surface area contributed by atoms with Crippen LogP contribution in [0.3, 0.4) is 0 Å². The molecule has 2 N–H and O–H groups in total. The minimum Gasteiger partial charge on any atom is -0.289 e. The van der Waals surface area contributed by atoms with Crippen molar-refractivity contribution in [2.24, 2.45) is 0 Å². The van der Waals surface area contributed by atoms with E-state index < -0.39 is 0 Å². The van der Waals surface area contributed by atoms with Gasteiger partial charge in [0.2, 0.25) is 5.91 Å². The lowest BCUT2D eigenvalue weighted by atomic mass is 10.1. The maximum absolute atomic E-state index is 11.0. The van der Waals surface area contributed by atoms with E-state index in [1.54, 1.807) is 5.48 Å². The fraction of sp³-hybridized carbons (Fsp3) is 0.167. The van der Waals surface area contributed by atoms with E-state index in [4.69, 9.17) is 5.21 Å². The van der Waals surface area contributed by atoms with Crippen LogP contribution in [0.2, 0.25) is 0 Å². The summed E-state index contributed by atoms with van der Waals surface area (Å²) < 4.78 is 0. The van der Waals surface area contributed by atoms with E-state index in [1.807, 2.05) is 42.5 Å². The van der Waals surface area contributed by atoms with E-state index in [0.717, 1.165) is 17.5 Å². The summed E-state index contributed by atoms with van der Waals surface area (Å²) in [6.45, 7) is 0. The molecule has 0 bridgehead atoms. The van der Waals surface area contributed by atoms with Gasteiger partial charge in [-0.25, -0.2) is 5.48 Å². The normalized spacial score (nSPS) is 10.7. The quantitative estimate of drug-likeness (QED) is 0.630. The average molecular weight is 281 g/mol. The molecule has 0 atom stereocenters. The Morgan fingerprint density at radius 1 is 1.00 bits per heavy atom. The van der Waals surface area contributed by atoms with Crippen LogP contribution in [0.4, 0.5) is 0 Å². The van der Waals surface area contributed by atoms with E-state index in [0.29, 0.717) is 12.8 Å². The summed E-state index contributed by atoms with van der Waals surface area (Å²) in [5.74, 6) is -0.359. The van der Waals surface area contributed by atoms with Gasteiger partial charge in [0.1, 0.15) is 0 Å². The molecule has 2 aromatic rings. The predicted octanol–water partition coefficient (Wildman–Crippen LogP) is 3.38. The molecule has 3 heteroatoms. The molecule has 2 aromatic carbocycles. The van der Waals surface area contributed by atoms with Crippen LogP contribution in [-0.2, 0) is 17.6 Å². The Morgan fingerprint density at radius 3 is 2.38 bits per heavy atom. The van der Waals surface area contributed by atoms with Gasteiger partial charge in [0.25, 0.3) is 0 Å². The van der Waals surface area contributed by atoms with Gasteiger partial charge in [0.15, 0.2) is 0 Å². The van der Waals surface area contributed by atoms with Crippen LogP contribution in [0.15, 0.2) is 60.7 Å². The number of amides is 1. The van der Waals surface area contributed by atoms with Crippen LogP contribution in [-0.4, -0.2) is 11.1 Å². The zero-order chi connectivity index (χ0) is 14.9. The number of hydroxylamine groups is 1. The highest BCUT2D eigenvalue weighted by Crippen LogP contribution is 2.09. The third-order valence-electron chi connectivity index (χ3n) is 3.25. The molecule has 0 saturated carbocycles. The maximum Gasteiger partial charge on any atom is 0.243 e. The number of hydrogen-bond acceptors (Lipinski definition) is 2. The second-order valence-electron chi connectivity index (χ2n) is 4.87. The van der Waals surface area contributed by atoms with Crippen molar-refractivity contribution in [3.8, 4) is 0 Å².